The molecule has 0 spiro atoms. The average Bonchev–Trinajstić information content (AvgIpc) is 3.23. The highest BCUT2D eigenvalue weighted by molar-refractivity contribution is 6.31. The van der Waals surface area contributed by atoms with Gasteiger partial charge in [-0.3, -0.25) is 9.36 Å². The van der Waals surface area contributed by atoms with Gasteiger partial charge in [0.05, 0.1) is 41.1 Å². The van der Waals surface area contributed by atoms with Gasteiger partial charge in [0, 0.05) is 23.8 Å². The van der Waals surface area contributed by atoms with E-state index in [1.54, 1.807) is 39.8 Å². The fourth-order valence-electron chi connectivity index (χ4n) is 4.11. The molecule has 0 saturated carbocycles. The Bertz CT molecular complexity index is 1430. The first-order valence-electron chi connectivity index (χ1n) is 11.4. The Kier molecular flexibility index (Phi) is 7.72. The molecule has 0 fully saturated rings. The van der Waals surface area contributed by atoms with Crippen LogP contribution in [0.25, 0.3) is 16.7 Å². The van der Waals surface area contributed by atoms with Crippen molar-refractivity contribution in [3.63, 3.8) is 0 Å². The number of anilines is 2. The topological polar surface area (TPSA) is 90.6 Å². The first kappa shape index (κ1) is 26.5. The molecule has 4 aromatic rings. The first-order valence-corrected chi connectivity index (χ1v) is 11.8. The number of rotatable bonds is 8. The van der Waals surface area contributed by atoms with Gasteiger partial charge in [-0.15, -0.1) is 0 Å². The van der Waals surface area contributed by atoms with Gasteiger partial charge in [0.15, 0.2) is 0 Å². The number of nitrogens with one attached hydrogen (secondary N) is 1. The molecule has 1 aromatic heterocycles. The van der Waals surface area contributed by atoms with Crippen molar-refractivity contribution in [2.45, 2.75) is 13.1 Å². The Morgan fingerprint density at radius 2 is 1.76 bits per heavy atom. The predicted molar refractivity (Wildman–Crippen MR) is 137 cm³/mol. The lowest BCUT2D eigenvalue weighted by Crippen LogP contribution is -2.32. The van der Waals surface area contributed by atoms with Crippen LogP contribution in [0.5, 0.6) is 0 Å². The van der Waals surface area contributed by atoms with E-state index in [4.69, 9.17) is 11.6 Å². The highest BCUT2D eigenvalue weighted by Crippen LogP contribution is 2.34. The molecule has 0 aliphatic heterocycles. The lowest BCUT2D eigenvalue weighted by molar-refractivity contribution is -0.137. The summed E-state index contributed by atoms with van der Waals surface area (Å²) in [5.41, 5.74) is 1.24. The van der Waals surface area contributed by atoms with Gasteiger partial charge in [0.2, 0.25) is 5.95 Å². The van der Waals surface area contributed by atoms with Crippen LogP contribution in [0.2, 0.25) is 5.02 Å². The summed E-state index contributed by atoms with van der Waals surface area (Å²) in [6.45, 7) is 1.85. The maximum Gasteiger partial charge on any atom is 0.417 e. The van der Waals surface area contributed by atoms with Crippen LogP contribution in [0.3, 0.4) is 0 Å². The Hall–Kier alpha value is -3.60. The molecule has 4 rings (SSSR count). The van der Waals surface area contributed by atoms with E-state index in [1.807, 2.05) is 13.0 Å². The maximum absolute atomic E-state index is 13.4. The standard InChI is InChI=1S/C26H24ClF3N4O3/c1-16-20(27)7-4-8-22(16)34-23-15-17(9-10-21(23)32-25(34)33(11-13-35)12-14-36)31-24(37)18-5-2-3-6-19(18)26(28,29)30/h2-10,15,35-36H,11-14H2,1H3,(H,31,37). The zero-order chi connectivity index (χ0) is 26.7. The molecule has 1 heterocycles. The second-order valence-electron chi connectivity index (χ2n) is 8.27. The van der Waals surface area contributed by atoms with Crippen LogP contribution in [-0.4, -0.2) is 52.0 Å². The molecule has 0 aliphatic carbocycles. The van der Waals surface area contributed by atoms with Gasteiger partial charge >= 0.3 is 6.18 Å². The molecule has 11 heteroatoms. The molecule has 0 atom stereocenters. The predicted octanol–water partition coefficient (Wildman–Crippen LogP) is 5.05. The van der Waals surface area contributed by atoms with Gasteiger partial charge in [-0.05, 0) is 55.0 Å². The van der Waals surface area contributed by atoms with Crippen LogP contribution in [0.15, 0.2) is 60.7 Å². The number of alkyl halides is 3. The van der Waals surface area contributed by atoms with Gasteiger partial charge in [-0.25, -0.2) is 4.98 Å². The van der Waals surface area contributed by atoms with Crippen molar-refractivity contribution in [3.8, 4) is 5.69 Å². The zero-order valence-electron chi connectivity index (χ0n) is 19.8. The number of carbonyl (C=O) groups is 1. The Morgan fingerprint density at radius 3 is 2.43 bits per heavy atom. The molecule has 3 N–H and O–H groups in total. The molecular formula is C26H24ClF3N4O3. The number of benzene rings is 3. The molecule has 0 bridgehead atoms. The number of fused-ring (bicyclic) bond motifs is 1. The Labute approximate surface area is 215 Å². The SMILES string of the molecule is Cc1c(Cl)cccc1-n1c(N(CCO)CCO)nc2ccc(NC(=O)c3ccccc3C(F)(F)F)cc21. The number of amides is 1. The number of hydrogen-bond acceptors (Lipinski definition) is 5. The number of aliphatic hydroxyl groups excluding tert-OH is 2. The van der Waals surface area contributed by atoms with E-state index in [0.29, 0.717) is 27.7 Å². The van der Waals surface area contributed by atoms with Crippen LogP contribution in [-0.2, 0) is 6.18 Å². The van der Waals surface area contributed by atoms with Gasteiger partial charge in [0.1, 0.15) is 0 Å². The van der Waals surface area contributed by atoms with Crippen molar-refractivity contribution >= 4 is 40.2 Å². The second-order valence-corrected chi connectivity index (χ2v) is 8.67. The molecule has 7 nitrogen and oxygen atoms in total. The summed E-state index contributed by atoms with van der Waals surface area (Å²) in [6, 6.07) is 14.7. The quantitative estimate of drug-likeness (QED) is 0.295. The lowest BCUT2D eigenvalue weighted by Gasteiger charge is -2.24. The fraction of sp³-hybridized carbons (Fsp3) is 0.231. The monoisotopic (exact) mass is 532 g/mol. The molecule has 0 aliphatic rings. The fourth-order valence-corrected chi connectivity index (χ4v) is 4.28. The summed E-state index contributed by atoms with van der Waals surface area (Å²) < 4.78 is 42.1. The van der Waals surface area contributed by atoms with Crippen molar-refractivity contribution in [1.29, 1.82) is 0 Å². The second kappa shape index (κ2) is 10.8. The summed E-state index contributed by atoms with van der Waals surface area (Å²) >= 11 is 6.38. The van der Waals surface area contributed by atoms with Gasteiger partial charge in [0.25, 0.3) is 5.91 Å². The van der Waals surface area contributed by atoms with Crippen molar-refractivity contribution in [1.82, 2.24) is 9.55 Å². The highest BCUT2D eigenvalue weighted by atomic mass is 35.5. The minimum atomic E-state index is -4.68. The maximum atomic E-state index is 13.4. The molecule has 0 saturated heterocycles. The van der Waals surface area contributed by atoms with Gasteiger partial charge in [-0.1, -0.05) is 29.8 Å². The van der Waals surface area contributed by atoms with E-state index < -0.39 is 23.2 Å². The lowest BCUT2D eigenvalue weighted by atomic mass is 10.1. The minimum absolute atomic E-state index is 0.183. The number of aromatic nitrogens is 2. The summed E-state index contributed by atoms with van der Waals surface area (Å²) in [7, 11) is 0. The first-order chi connectivity index (χ1) is 17.7. The van der Waals surface area contributed by atoms with E-state index in [2.05, 4.69) is 10.3 Å². The average molecular weight is 533 g/mol. The van der Waals surface area contributed by atoms with Crippen molar-refractivity contribution in [2.75, 3.05) is 36.5 Å². The number of aliphatic hydroxyl groups is 2. The molecule has 1 amide bonds. The third-order valence-electron chi connectivity index (χ3n) is 5.87. The Morgan fingerprint density at radius 1 is 1.05 bits per heavy atom. The number of imidazole rings is 1. The number of nitrogens with zero attached hydrogens (tertiary/aromatic N) is 3. The third kappa shape index (κ3) is 5.41. The molecular weight excluding hydrogens is 509 g/mol. The smallest absolute Gasteiger partial charge is 0.395 e. The van der Waals surface area contributed by atoms with Gasteiger partial charge < -0.3 is 20.4 Å². The number of carbonyl (C=O) groups excluding carboxylic acids is 1. The number of halogens is 4. The van der Waals surface area contributed by atoms with E-state index >= 15 is 0 Å². The summed E-state index contributed by atoms with van der Waals surface area (Å²) in [4.78, 5) is 19.2. The minimum Gasteiger partial charge on any atom is -0.395 e. The molecule has 0 radical (unpaired) electrons. The van der Waals surface area contributed by atoms with Crippen LogP contribution >= 0.6 is 11.6 Å². The summed E-state index contributed by atoms with van der Waals surface area (Å²) in [5, 5.41) is 22.2. The van der Waals surface area contributed by atoms with Crippen LogP contribution in [0, 0.1) is 6.92 Å². The van der Waals surface area contributed by atoms with Crippen LogP contribution in [0.1, 0.15) is 21.5 Å². The zero-order valence-corrected chi connectivity index (χ0v) is 20.5. The highest BCUT2D eigenvalue weighted by Gasteiger charge is 2.35. The normalized spacial score (nSPS) is 11.6. The molecule has 3 aromatic carbocycles. The van der Waals surface area contributed by atoms with Crippen molar-refractivity contribution in [2.24, 2.45) is 0 Å². The largest absolute Gasteiger partial charge is 0.417 e. The van der Waals surface area contributed by atoms with E-state index in [0.717, 1.165) is 17.7 Å². The Balaban J connectivity index is 1.84. The summed E-state index contributed by atoms with van der Waals surface area (Å²) in [5.74, 6) is -0.478. The number of hydrogen-bond donors (Lipinski definition) is 3. The van der Waals surface area contributed by atoms with Crippen molar-refractivity contribution < 1.29 is 28.2 Å². The molecule has 0 unspecified atom stereocenters. The molecule has 37 heavy (non-hydrogen) atoms. The van der Waals surface area contributed by atoms with E-state index in [-0.39, 0.29) is 32.0 Å². The molecule has 194 valence electrons. The van der Waals surface area contributed by atoms with Crippen LogP contribution < -0.4 is 10.2 Å². The van der Waals surface area contributed by atoms with Crippen molar-refractivity contribution in [3.05, 3.63) is 82.4 Å². The third-order valence-corrected chi connectivity index (χ3v) is 6.28. The van der Waals surface area contributed by atoms with Crippen LogP contribution in [0.4, 0.5) is 24.8 Å². The summed E-state index contributed by atoms with van der Waals surface area (Å²) in [6.07, 6.45) is -4.68. The van der Waals surface area contributed by atoms with Gasteiger partial charge in [-0.2, -0.15) is 13.2 Å². The van der Waals surface area contributed by atoms with E-state index in [9.17, 15) is 28.2 Å². The van der Waals surface area contributed by atoms with E-state index in [1.165, 1.54) is 12.1 Å².